The van der Waals surface area contributed by atoms with Gasteiger partial charge in [0.15, 0.2) is 0 Å². The van der Waals surface area contributed by atoms with Crippen molar-refractivity contribution in [2.24, 2.45) is 5.92 Å². The average Bonchev–Trinajstić information content (AvgIpc) is 3.02. The van der Waals surface area contributed by atoms with Crippen LogP contribution in [0.15, 0.2) is 58.8 Å². The Bertz CT molecular complexity index is 983. The summed E-state index contributed by atoms with van der Waals surface area (Å²) in [7, 11) is -2.01. The quantitative estimate of drug-likeness (QED) is 0.0341. The van der Waals surface area contributed by atoms with E-state index in [0.29, 0.717) is 23.0 Å². The van der Waals surface area contributed by atoms with Crippen LogP contribution in [0, 0.1) is 5.92 Å². The van der Waals surface area contributed by atoms with Gasteiger partial charge < -0.3 is 4.43 Å². The van der Waals surface area contributed by atoms with E-state index >= 15 is 0 Å². The second kappa shape index (κ2) is 22.7. The van der Waals surface area contributed by atoms with Crippen LogP contribution in [0.2, 0.25) is 29.9 Å². The summed E-state index contributed by atoms with van der Waals surface area (Å²) in [6.45, 7) is 31.4. The number of carbonyl (C=O) groups excluding carboxylic acids is 1. The summed E-state index contributed by atoms with van der Waals surface area (Å²) < 4.78 is 26.5. The second-order valence-electron chi connectivity index (χ2n) is 15.2. The van der Waals surface area contributed by atoms with Crippen molar-refractivity contribution in [1.29, 1.82) is 0 Å². The molecule has 4 nitrogen and oxygen atoms in total. The van der Waals surface area contributed by atoms with E-state index in [2.05, 4.69) is 106 Å². The predicted molar refractivity (Wildman–Crippen MR) is 210 cm³/mol. The van der Waals surface area contributed by atoms with Gasteiger partial charge in [-0.1, -0.05) is 41.5 Å². The Balaban J connectivity index is 3.17. The molecule has 1 heterocycles. The number of hydrogen-bond acceptors (Lipinski definition) is 4. The molecule has 0 spiro atoms. The molecule has 0 fully saturated rings. The predicted octanol–water partition coefficient (Wildman–Crippen LogP) is 12.5. The molecule has 0 N–H and O–H groups in total. The van der Waals surface area contributed by atoms with Crippen molar-refractivity contribution >= 4 is 32.7 Å². The zero-order valence-corrected chi connectivity index (χ0v) is 36.5. The first-order valence-corrected chi connectivity index (χ1v) is 28.9. The zero-order chi connectivity index (χ0) is 35.6. The van der Waals surface area contributed by atoms with E-state index < -0.39 is 32.8 Å². The molecule has 270 valence electrons. The molecule has 5 atom stereocenters. The third kappa shape index (κ3) is 14.1. The van der Waals surface area contributed by atoms with Crippen LogP contribution in [0.1, 0.15) is 128 Å². The Morgan fingerprint density at radius 1 is 0.872 bits per heavy atom. The van der Waals surface area contributed by atoms with Gasteiger partial charge in [-0.15, -0.1) is 6.58 Å². The summed E-state index contributed by atoms with van der Waals surface area (Å²) in [4.78, 5) is 13.1. The van der Waals surface area contributed by atoms with E-state index in [4.69, 9.17) is 13.9 Å². The van der Waals surface area contributed by atoms with Crippen molar-refractivity contribution in [3.63, 3.8) is 0 Å². The summed E-state index contributed by atoms with van der Waals surface area (Å²) in [5.41, 5.74) is 2.67. The van der Waals surface area contributed by atoms with Gasteiger partial charge in [0.25, 0.3) is 0 Å². The molecule has 47 heavy (non-hydrogen) atoms. The van der Waals surface area contributed by atoms with Crippen LogP contribution in [0.25, 0.3) is 0 Å². The van der Waals surface area contributed by atoms with Crippen molar-refractivity contribution in [1.82, 2.24) is 0 Å². The first kappa shape index (κ1) is 44.1. The van der Waals surface area contributed by atoms with Crippen molar-refractivity contribution in [2.45, 2.75) is 182 Å². The molecule has 0 bridgehead atoms. The van der Waals surface area contributed by atoms with Crippen molar-refractivity contribution in [3.8, 4) is 0 Å². The van der Waals surface area contributed by atoms with E-state index in [1.807, 2.05) is 24.3 Å². The number of allylic oxidation sites excluding steroid dienone is 2. The third-order valence-electron chi connectivity index (χ3n) is 10.5. The SMILES string of the molecule is C=CC[C@H]1C=C[C@H](OC(=O)/C=C\C=[CH]/[Sn]([CH2]CCC)([CH2]CCC)[CH2]CCC)[C@H](/C(C)=C/[C@@H](C)[C@@H](C)O[Si](C(C)C)(C(C)C)C(C)C)O1. The number of carbonyl (C=O) groups is 1. The van der Waals surface area contributed by atoms with E-state index in [1.54, 1.807) is 6.08 Å². The van der Waals surface area contributed by atoms with E-state index in [9.17, 15) is 4.79 Å². The molecular formula is C41H74O4SiSn. The molecule has 0 amide bonds. The monoisotopic (exact) mass is 778 g/mol. The summed E-state index contributed by atoms with van der Waals surface area (Å²) in [5.74, 6) is -0.137. The fourth-order valence-electron chi connectivity index (χ4n) is 7.67. The maximum atomic E-state index is 13.1. The van der Waals surface area contributed by atoms with Gasteiger partial charge in [0, 0.05) is 0 Å². The van der Waals surface area contributed by atoms with Crippen LogP contribution >= 0.6 is 0 Å². The standard InChI is InChI=1S/C29H47O4Si.3C4H9.Sn/c1-12-14-16-28(30)32-27-18-17-26(15-13-2)31-29(27)24(10)19-23(9)25(11)33-34(20(3)4,21(5)6)22(7)8;3*1-3-4-2;/h1,12-14,16-23,25-27,29H,2,15H2,3-11H3;3*1,3-4H2,2H3;/b12-1?,16-14-,24-19+;;;;/t23-,25-,26+,27+,29+;;;;/m1..../s1. The normalized spacial score (nSPS) is 21.0. The van der Waals surface area contributed by atoms with Crippen LogP contribution in [0.3, 0.4) is 0 Å². The molecule has 6 heteroatoms. The fraction of sp³-hybridized carbons (Fsp3) is 0.732. The number of rotatable bonds is 23. The molecule has 0 aliphatic carbocycles. The molecular weight excluding hydrogens is 703 g/mol. The molecule has 1 aliphatic heterocycles. The van der Waals surface area contributed by atoms with Gasteiger partial charge in [-0.2, -0.15) is 0 Å². The molecule has 0 saturated heterocycles. The minimum absolute atomic E-state index is 0.0760. The molecule has 0 radical (unpaired) electrons. The van der Waals surface area contributed by atoms with Crippen molar-refractivity contribution < 1.29 is 18.7 Å². The van der Waals surface area contributed by atoms with Gasteiger partial charge in [-0.25, -0.2) is 0 Å². The summed E-state index contributed by atoms with van der Waals surface area (Å²) >= 11 is -2.39. The number of ether oxygens (including phenoxy) is 2. The van der Waals surface area contributed by atoms with Crippen LogP contribution in [0.4, 0.5) is 0 Å². The second-order valence-corrected chi connectivity index (χ2v) is 33.6. The Kier molecular flexibility index (Phi) is 21.4. The van der Waals surface area contributed by atoms with Gasteiger partial charge in [0.2, 0.25) is 8.32 Å². The molecule has 0 unspecified atom stereocenters. The van der Waals surface area contributed by atoms with E-state index in [-0.39, 0.29) is 30.2 Å². The molecule has 1 aliphatic rings. The van der Waals surface area contributed by atoms with E-state index in [0.717, 1.165) is 5.57 Å². The van der Waals surface area contributed by atoms with E-state index in [1.165, 1.54) is 51.8 Å². The Morgan fingerprint density at radius 3 is 1.87 bits per heavy atom. The molecule has 1 rings (SSSR count). The molecule has 0 aromatic heterocycles. The van der Waals surface area contributed by atoms with Crippen molar-refractivity contribution in [3.05, 3.63) is 58.8 Å². The number of unbranched alkanes of at least 4 members (excludes halogenated alkanes) is 3. The first-order valence-electron chi connectivity index (χ1n) is 19.1. The summed E-state index contributed by atoms with van der Waals surface area (Å²) in [6, 6.07) is 0. The zero-order valence-electron chi connectivity index (χ0n) is 32.6. The Labute approximate surface area is 297 Å². The van der Waals surface area contributed by atoms with Gasteiger partial charge in [-0.05, 0) is 23.5 Å². The topological polar surface area (TPSA) is 44.8 Å². The van der Waals surface area contributed by atoms with Crippen LogP contribution < -0.4 is 0 Å². The summed E-state index contributed by atoms with van der Waals surface area (Å²) in [6.07, 6.45) is 21.5. The minimum atomic E-state index is -2.39. The molecule has 0 saturated carbocycles. The van der Waals surface area contributed by atoms with Crippen LogP contribution in [-0.4, -0.2) is 57.1 Å². The average molecular weight is 778 g/mol. The summed E-state index contributed by atoms with van der Waals surface area (Å²) in [5, 5.41) is 0. The van der Waals surface area contributed by atoms with Gasteiger partial charge in [0.05, 0.1) is 0 Å². The third-order valence-corrected chi connectivity index (χ3v) is 30.8. The number of hydrogen-bond donors (Lipinski definition) is 0. The number of esters is 1. The van der Waals surface area contributed by atoms with Crippen molar-refractivity contribution in [2.75, 3.05) is 0 Å². The maximum absolute atomic E-state index is 13.1. The van der Waals surface area contributed by atoms with Gasteiger partial charge in [-0.3, -0.25) is 0 Å². The van der Waals surface area contributed by atoms with Gasteiger partial charge in [0.1, 0.15) is 0 Å². The fourth-order valence-corrected chi connectivity index (χ4v) is 27.5. The van der Waals surface area contributed by atoms with Crippen LogP contribution in [-0.2, 0) is 18.7 Å². The Morgan fingerprint density at radius 2 is 1.40 bits per heavy atom. The molecule has 0 aromatic rings. The first-order chi connectivity index (χ1) is 22.2. The Hall–Kier alpha value is -0.894. The van der Waals surface area contributed by atoms with Crippen LogP contribution in [0.5, 0.6) is 0 Å². The van der Waals surface area contributed by atoms with Gasteiger partial charge >= 0.3 is 214 Å². The molecule has 0 aromatic carbocycles.